The summed E-state index contributed by atoms with van der Waals surface area (Å²) in [5, 5.41) is 0. The molecule has 20 heavy (non-hydrogen) atoms. The van der Waals surface area contributed by atoms with Crippen LogP contribution in [0.1, 0.15) is 65.2 Å². The average Bonchev–Trinajstić information content (AvgIpc) is 2.44. The molecule has 0 aromatic carbocycles. The first-order valence-electron chi connectivity index (χ1n) is 7.20. The molecule has 0 bridgehead atoms. The highest BCUT2D eigenvalue weighted by molar-refractivity contribution is 5.83. The number of ether oxygens (including phenoxy) is 1. The van der Waals surface area contributed by atoms with E-state index in [0.29, 0.717) is 38.5 Å². The lowest BCUT2D eigenvalue weighted by atomic mass is 10.1. The Morgan fingerprint density at radius 2 is 1.15 bits per heavy atom. The Kier molecular flexibility index (Phi) is 10.5. The Morgan fingerprint density at radius 3 is 1.65 bits per heavy atom. The van der Waals surface area contributed by atoms with Gasteiger partial charge >= 0.3 is 5.97 Å². The predicted molar refractivity (Wildman–Crippen MR) is 74.3 cm³/mol. The number of Topliss-reactive ketones (excluding diaryl/α,β-unsaturated/α-hetero) is 3. The Balaban J connectivity index is 3.60. The molecule has 0 saturated heterocycles. The molecule has 0 aliphatic heterocycles. The van der Waals surface area contributed by atoms with E-state index < -0.39 is 5.97 Å². The average molecular weight is 284 g/mol. The van der Waals surface area contributed by atoms with Crippen LogP contribution < -0.4 is 0 Å². The summed E-state index contributed by atoms with van der Waals surface area (Å²) in [4.78, 5) is 44.8. The first-order valence-corrected chi connectivity index (χ1v) is 7.20. The smallest absolute Gasteiger partial charge is 0.306 e. The fourth-order valence-corrected chi connectivity index (χ4v) is 1.57. The van der Waals surface area contributed by atoms with Gasteiger partial charge < -0.3 is 4.74 Å². The molecule has 0 radical (unpaired) electrons. The van der Waals surface area contributed by atoms with E-state index in [1.807, 2.05) is 0 Å². The van der Waals surface area contributed by atoms with Gasteiger partial charge in [-0.15, -0.1) is 0 Å². The highest BCUT2D eigenvalue weighted by Crippen LogP contribution is 2.03. The molecule has 5 nitrogen and oxygen atoms in total. The molecule has 114 valence electrons. The van der Waals surface area contributed by atoms with Crippen molar-refractivity contribution in [1.29, 1.82) is 0 Å². The van der Waals surface area contributed by atoms with Gasteiger partial charge in [-0.25, -0.2) is 0 Å². The molecule has 0 aromatic heterocycles. The quantitative estimate of drug-likeness (QED) is 0.514. The highest BCUT2D eigenvalue weighted by atomic mass is 16.5. The predicted octanol–water partition coefficient (Wildman–Crippen LogP) is 2.40. The van der Waals surface area contributed by atoms with Crippen LogP contribution in [0.15, 0.2) is 0 Å². The van der Waals surface area contributed by atoms with E-state index >= 15 is 0 Å². The van der Waals surface area contributed by atoms with Crippen LogP contribution in [0, 0.1) is 0 Å². The number of carbonyl (C=O) groups is 4. The van der Waals surface area contributed by atoms with Gasteiger partial charge in [0.25, 0.3) is 0 Å². The van der Waals surface area contributed by atoms with Crippen LogP contribution in [0.4, 0.5) is 0 Å². The van der Waals surface area contributed by atoms with Crippen LogP contribution in [-0.4, -0.2) is 29.9 Å². The normalized spacial score (nSPS) is 10.1. The summed E-state index contributed by atoms with van der Waals surface area (Å²) >= 11 is 0. The van der Waals surface area contributed by atoms with E-state index in [2.05, 4.69) is 0 Å². The number of rotatable bonds is 12. The molecule has 0 unspecified atom stereocenters. The lowest BCUT2D eigenvalue weighted by molar-refractivity contribution is -0.148. The molecule has 0 fully saturated rings. The summed E-state index contributed by atoms with van der Waals surface area (Å²) in [7, 11) is 0. The lowest BCUT2D eigenvalue weighted by Crippen LogP contribution is -2.14. The fraction of sp³-hybridized carbons (Fsp3) is 0.733. The van der Waals surface area contributed by atoms with Crippen LogP contribution in [0.2, 0.25) is 0 Å². The number of esters is 1. The first kappa shape index (κ1) is 18.5. The van der Waals surface area contributed by atoms with Crippen molar-refractivity contribution in [3.63, 3.8) is 0 Å². The molecular formula is C15H24O5. The minimum absolute atomic E-state index is 0.120. The van der Waals surface area contributed by atoms with Gasteiger partial charge in [-0.05, 0) is 12.8 Å². The Hall–Kier alpha value is -1.52. The second-order valence-electron chi connectivity index (χ2n) is 4.69. The fourth-order valence-electron chi connectivity index (χ4n) is 1.57. The second kappa shape index (κ2) is 11.3. The van der Waals surface area contributed by atoms with E-state index in [-0.39, 0.29) is 36.8 Å². The summed E-state index contributed by atoms with van der Waals surface area (Å²) in [6.45, 7) is 3.33. The Bertz CT molecular complexity index is 312. The SMILES string of the molecule is CCC(=O)CCCC(=O)COC(=O)CCCC(=O)CC. The van der Waals surface area contributed by atoms with Crippen LogP contribution in [0.25, 0.3) is 0 Å². The highest BCUT2D eigenvalue weighted by Gasteiger charge is 2.09. The molecule has 0 rings (SSSR count). The van der Waals surface area contributed by atoms with E-state index in [4.69, 9.17) is 4.74 Å². The van der Waals surface area contributed by atoms with Gasteiger partial charge in [0.15, 0.2) is 5.78 Å². The molecule has 0 aliphatic carbocycles. The van der Waals surface area contributed by atoms with Crippen molar-refractivity contribution >= 4 is 23.3 Å². The maximum atomic E-state index is 11.4. The van der Waals surface area contributed by atoms with E-state index in [9.17, 15) is 19.2 Å². The standard InChI is InChI=1S/C15H24O5/c1-3-12(16)7-5-9-14(18)11-20-15(19)10-6-8-13(17)4-2/h3-11H2,1-2H3. The Labute approximate surface area is 120 Å². The third kappa shape index (κ3) is 10.4. The third-order valence-electron chi connectivity index (χ3n) is 2.93. The molecule has 0 spiro atoms. The molecule has 5 heteroatoms. The van der Waals surface area contributed by atoms with Gasteiger partial charge in [-0.1, -0.05) is 13.8 Å². The molecule has 0 N–H and O–H groups in total. The zero-order valence-corrected chi connectivity index (χ0v) is 12.4. The van der Waals surface area contributed by atoms with Crippen molar-refractivity contribution in [3.05, 3.63) is 0 Å². The lowest BCUT2D eigenvalue weighted by Gasteiger charge is -2.04. The third-order valence-corrected chi connectivity index (χ3v) is 2.93. The minimum Gasteiger partial charge on any atom is -0.458 e. The molecule has 0 saturated carbocycles. The van der Waals surface area contributed by atoms with Crippen LogP contribution >= 0.6 is 0 Å². The zero-order valence-electron chi connectivity index (χ0n) is 12.4. The van der Waals surface area contributed by atoms with Crippen molar-refractivity contribution in [2.75, 3.05) is 6.61 Å². The van der Waals surface area contributed by atoms with E-state index in [1.165, 1.54) is 0 Å². The van der Waals surface area contributed by atoms with Gasteiger partial charge in [-0.3, -0.25) is 19.2 Å². The number of ketones is 3. The summed E-state index contributed by atoms with van der Waals surface area (Å²) in [5.41, 5.74) is 0. The molecule has 0 amide bonds. The summed E-state index contributed by atoms with van der Waals surface area (Å²) in [6, 6.07) is 0. The van der Waals surface area contributed by atoms with Crippen molar-refractivity contribution < 1.29 is 23.9 Å². The van der Waals surface area contributed by atoms with Crippen molar-refractivity contribution in [2.45, 2.75) is 65.2 Å². The van der Waals surface area contributed by atoms with Gasteiger partial charge in [0, 0.05) is 38.5 Å². The van der Waals surface area contributed by atoms with Crippen molar-refractivity contribution in [1.82, 2.24) is 0 Å². The number of hydrogen-bond donors (Lipinski definition) is 0. The first-order chi connectivity index (χ1) is 9.49. The molecule has 0 aromatic rings. The number of carbonyl (C=O) groups excluding carboxylic acids is 4. The monoisotopic (exact) mass is 284 g/mol. The molecule has 0 atom stereocenters. The topological polar surface area (TPSA) is 77.5 Å². The minimum atomic E-state index is -0.452. The summed E-state index contributed by atoms with van der Waals surface area (Å²) in [5.74, 6) is -0.372. The van der Waals surface area contributed by atoms with Crippen molar-refractivity contribution in [2.24, 2.45) is 0 Å². The second-order valence-corrected chi connectivity index (χ2v) is 4.69. The van der Waals surface area contributed by atoms with Gasteiger partial charge in [0.1, 0.15) is 18.2 Å². The van der Waals surface area contributed by atoms with Crippen molar-refractivity contribution in [3.8, 4) is 0 Å². The Morgan fingerprint density at radius 1 is 0.700 bits per heavy atom. The summed E-state index contributed by atoms with van der Waals surface area (Å²) < 4.78 is 4.82. The van der Waals surface area contributed by atoms with E-state index in [1.54, 1.807) is 13.8 Å². The van der Waals surface area contributed by atoms with Gasteiger partial charge in [-0.2, -0.15) is 0 Å². The van der Waals surface area contributed by atoms with Crippen LogP contribution in [0.5, 0.6) is 0 Å². The molecular weight excluding hydrogens is 260 g/mol. The molecule has 0 aliphatic rings. The van der Waals surface area contributed by atoms with Gasteiger partial charge in [0.05, 0.1) is 0 Å². The zero-order chi connectivity index (χ0) is 15.4. The number of hydrogen-bond acceptors (Lipinski definition) is 5. The van der Waals surface area contributed by atoms with E-state index in [0.717, 1.165) is 0 Å². The summed E-state index contributed by atoms with van der Waals surface area (Å²) in [6.07, 6.45) is 3.12. The molecule has 0 heterocycles. The van der Waals surface area contributed by atoms with Crippen LogP contribution in [0.3, 0.4) is 0 Å². The maximum absolute atomic E-state index is 11.4. The van der Waals surface area contributed by atoms with Crippen LogP contribution in [-0.2, 0) is 23.9 Å². The van der Waals surface area contributed by atoms with Gasteiger partial charge in [0.2, 0.25) is 0 Å². The largest absolute Gasteiger partial charge is 0.458 e. The maximum Gasteiger partial charge on any atom is 0.306 e.